The summed E-state index contributed by atoms with van der Waals surface area (Å²) in [6.07, 6.45) is 5.77. The van der Waals surface area contributed by atoms with Crippen LogP contribution in [0.15, 0.2) is 0 Å². The van der Waals surface area contributed by atoms with Gasteiger partial charge in [0.1, 0.15) is 0 Å². The molecule has 2 radical (unpaired) electrons. The van der Waals surface area contributed by atoms with Gasteiger partial charge in [0.15, 0.2) is 0 Å². The third kappa shape index (κ3) is 6.87. The minimum atomic E-state index is 1.38. The molecule has 0 N–H and O–H groups in total. The molecule has 0 atom stereocenters. The van der Waals surface area contributed by atoms with Crippen LogP contribution in [0, 0.1) is 0 Å². The van der Waals surface area contributed by atoms with Crippen molar-refractivity contribution in [1.29, 1.82) is 0 Å². The fourth-order valence-electron chi connectivity index (χ4n) is 0.571. The summed E-state index contributed by atoms with van der Waals surface area (Å²) < 4.78 is 1.49. The predicted octanol–water partition coefficient (Wildman–Crippen LogP) is 2.15. The second-order valence-electron chi connectivity index (χ2n) is 1.85. The SMILES string of the molecule is CCCCC[CH2][In]. The van der Waals surface area contributed by atoms with E-state index in [1.165, 1.54) is 54.2 Å². The van der Waals surface area contributed by atoms with Gasteiger partial charge in [-0.05, 0) is 0 Å². The summed E-state index contributed by atoms with van der Waals surface area (Å²) in [5.41, 5.74) is 0. The minimum absolute atomic E-state index is 1.38. The average molecular weight is 200 g/mol. The molecule has 0 saturated heterocycles. The van der Waals surface area contributed by atoms with Gasteiger partial charge in [-0.1, -0.05) is 0 Å². The molecule has 0 aliphatic heterocycles. The van der Waals surface area contributed by atoms with Crippen molar-refractivity contribution in [2.75, 3.05) is 0 Å². The number of hydrogen-bond donors (Lipinski definition) is 0. The van der Waals surface area contributed by atoms with Gasteiger partial charge in [0, 0.05) is 0 Å². The van der Waals surface area contributed by atoms with E-state index in [0.717, 1.165) is 0 Å². The molecule has 0 aromatic rings. The van der Waals surface area contributed by atoms with Gasteiger partial charge in [0.05, 0.1) is 0 Å². The molecule has 0 aromatic heterocycles. The zero-order valence-corrected chi connectivity index (χ0v) is 8.41. The summed E-state index contributed by atoms with van der Waals surface area (Å²) in [5.74, 6) is 0. The molecule has 1 heteroatoms. The molecule has 40 valence electrons. The second kappa shape index (κ2) is 6.87. The molecule has 0 aromatic carbocycles. The van der Waals surface area contributed by atoms with Gasteiger partial charge in [-0.15, -0.1) is 0 Å². The predicted molar refractivity (Wildman–Crippen MR) is 34.7 cm³/mol. The third-order valence-electron chi connectivity index (χ3n) is 1.06. The molecule has 0 unspecified atom stereocenters. The Labute approximate surface area is 61.3 Å². The van der Waals surface area contributed by atoms with Crippen molar-refractivity contribution in [2.45, 2.75) is 36.8 Å². The summed E-state index contributed by atoms with van der Waals surface area (Å²) in [7, 11) is 0. The summed E-state index contributed by atoms with van der Waals surface area (Å²) in [6.45, 7) is 2.26. The Bertz CT molecular complexity index is 23.4. The summed E-state index contributed by atoms with van der Waals surface area (Å²) >= 11 is 1.46. The van der Waals surface area contributed by atoms with E-state index < -0.39 is 0 Å². The van der Waals surface area contributed by atoms with Crippen molar-refractivity contribution in [3.8, 4) is 0 Å². The molecule has 0 bridgehead atoms. The Balaban J connectivity index is 2.45. The van der Waals surface area contributed by atoms with Gasteiger partial charge in [-0.2, -0.15) is 0 Å². The van der Waals surface area contributed by atoms with Crippen LogP contribution in [-0.2, 0) is 0 Å². The van der Waals surface area contributed by atoms with Crippen LogP contribution in [0.1, 0.15) is 32.6 Å². The van der Waals surface area contributed by atoms with Crippen molar-refractivity contribution in [1.82, 2.24) is 0 Å². The van der Waals surface area contributed by atoms with Crippen molar-refractivity contribution >= 4 is 24.4 Å². The van der Waals surface area contributed by atoms with Crippen molar-refractivity contribution in [3.63, 3.8) is 0 Å². The second-order valence-corrected chi connectivity index (χ2v) is 3.50. The van der Waals surface area contributed by atoms with Gasteiger partial charge >= 0.3 is 61.2 Å². The molecule has 0 fully saturated rings. The topological polar surface area (TPSA) is 0 Å². The maximum atomic E-state index is 2.26. The van der Waals surface area contributed by atoms with E-state index in [1.807, 2.05) is 0 Å². The van der Waals surface area contributed by atoms with Gasteiger partial charge in [-0.25, -0.2) is 0 Å². The van der Waals surface area contributed by atoms with Crippen LogP contribution >= 0.6 is 0 Å². The first kappa shape index (κ1) is 7.87. The van der Waals surface area contributed by atoms with E-state index in [2.05, 4.69) is 6.92 Å². The van der Waals surface area contributed by atoms with Crippen LogP contribution in [-0.4, -0.2) is 24.4 Å². The van der Waals surface area contributed by atoms with Crippen LogP contribution in [0.25, 0.3) is 0 Å². The van der Waals surface area contributed by atoms with E-state index in [1.54, 1.807) is 0 Å². The van der Waals surface area contributed by atoms with Gasteiger partial charge in [0.2, 0.25) is 0 Å². The molecule has 0 heterocycles. The normalized spacial score (nSPS) is 9.29. The standard InChI is InChI=1S/C6H13.In/c1-3-5-6-4-2;/h1,3-6H2,2H3;. The Morgan fingerprint density at radius 1 is 1.14 bits per heavy atom. The van der Waals surface area contributed by atoms with Crippen molar-refractivity contribution in [2.24, 2.45) is 0 Å². The van der Waals surface area contributed by atoms with Crippen molar-refractivity contribution in [3.05, 3.63) is 0 Å². The fraction of sp³-hybridized carbons (Fsp3) is 1.00. The zero-order valence-electron chi connectivity index (χ0n) is 5.11. The molecular weight excluding hydrogens is 187 g/mol. The fourth-order valence-corrected chi connectivity index (χ4v) is 1.40. The Morgan fingerprint density at radius 2 is 1.86 bits per heavy atom. The van der Waals surface area contributed by atoms with Crippen LogP contribution in [0.3, 0.4) is 0 Å². The van der Waals surface area contributed by atoms with Crippen LogP contribution in [0.4, 0.5) is 0 Å². The first-order valence-electron chi connectivity index (χ1n) is 3.12. The molecule has 0 rings (SSSR count). The van der Waals surface area contributed by atoms with E-state index >= 15 is 0 Å². The van der Waals surface area contributed by atoms with Crippen LogP contribution in [0.5, 0.6) is 0 Å². The molecule has 0 aliphatic carbocycles. The molecule has 0 amide bonds. The zero-order chi connectivity index (χ0) is 5.54. The van der Waals surface area contributed by atoms with Crippen LogP contribution < -0.4 is 0 Å². The Morgan fingerprint density at radius 3 is 2.29 bits per heavy atom. The number of hydrogen-bond acceptors (Lipinski definition) is 0. The summed E-state index contributed by atoms with van der Waals surface area (Å²) in [6, 6.07) is 0. The van der Waals surface area contributed by atoms with E-state index in [9.17, 15) is 0 Å². The van der Waals surface area contributed by atoms with Gasteiger partial charge in [0.25, 0.3) is 0 Å². The van der Waals surface area contributed by atoms with Crippen molar-refractivity contribution < 1.29 is 0 Å². The Hall–Kier alpha value is 0.870. The number of rotatable bonds is 4. The van der Waals surface area contributed by atoms with E-state index in [-0.39, 0.29) is 0 Å². The maximum absolute atomic E-state index is 2.26. The third-order valence-corrected chi connectivity index (χ3v) is 2.22. The van der Waals surface area contributed by atoms with Crippen LogP contribution in [0.2, 0.25) is 4.18 Å². The molecule has 0 spiro atoms. The molecule has 0 nitrogen and oxygen atoms in total. The first-order valence-corrected chi connectivity index (χ1v) is 5.45. The average Bonchev–Trinajstić information content (AvgIpc) is 1.69. The molecule has 0 saturated carbocycles. The van der Waals surface area contributed by atoms with E-state index in [0.29, 0.717) is 0 Å². The summed E-state index contributed by atoms with van der Waals surface area (Å²) in [5, 5.41) is 0. The quantitative estimate of drug-likeness (QED) is 0.610. The monoisotopic (exact) mass is 200 g/mol. The number of unbranched alkanes of at least 4 members (excludes halogenated alkanes) is 3. The van der Waals surface area contributed by atoms with Gasteiger partial charge in [-0.3, -0.25) is 0 Å². The molecule has 0 aliphatic rings. The Kier molecular flexibility index (Phi) is 7.72. The van der Waals surface area contributed by atoms with Gasteiger partial charge < -0.3 is 0 Å². The molecule has 7 heavy (non-hydrogen) atoms. The summed E-state index contributed by atoms with van der Waals surface area (Å²) in [4.78, 5) is 0. The first-order chi connectivity index (χ1) is 3.41. The molecular formula is C6H13In. The van der Waals surface area contributed by atoms with E-state index in [4.69, 9.17) is 0 Å².